The van der Waals surface area contributed by atoms with Crippen LogP contribution in [0, 0.1) is 13.8 Å². The van der Waals surface area contributed by atoms with Crippen LogP contribution in [0.4, 0.5) is 5.69 Å². The van der Waals surface area contributed by atoms with Crippen molar-refractivity contribution in [2.24, 2.45) is 0 Å². The Kier molecular flexibility index (Phi) is 6.85. The van der Waals surface area contributed by atoms with Crippen LogP contribution in [0.15, 0.2) is 42.5 Å². The standard InChI is InChI=1S/C20H26N2O4S/c1-15-9-10-18(16(2)13-15)22(27(4,24)25)12-11-20(23)21-14-17-7-5-6-8-19(17)26-3/h5-10,13H,11-12,14H2,1-4H3,(H,21,23). The predicted octanol–water partition coefficient (Wildman–Crippen LogP) is 2.78. The van der Waals surface area contributed by atoms with Crippen molar-refractivity contribution in [3.8, 4) is 5.75 Å². The van der Waals surface area contributed by atoms with Gasteiger partial charge >= 0.3 is 0 Å². The summed E-state index contributed by atoms with van der Waals surface area (Å²) in [7, 11) is -1.92. The van der Waals surface area contributed by atoms with Gasteiger partial charge in [0.05, 0.1) is 19.1 Å². The Bertz CT molecular complexity index is 910. The molecule has 0 atom stereocenters. The zero-order chi connectivity index (χ0) is 20.0. The Balaban J connectivity index is 2.03. The molecule has 0 aromatic heterocycles. The highest BCUT2D eigenvalue weighted by atomic mass is 32.2. The summed E-state index contributed by atoms with van der Waals surface area (Å²) >= 11 is 0. The second kappa shape index (κ2) is 8.90. The molecule has 0 aliphatic heterocycles. The van der Waals surface area contributed by atoms with Gasteiger partial charge in [-0.3, -0.25) is 9.10 Å². The third kappa shape index (κ3) is 5.72. The van der Waals surface area contributed by atoms with Crippen LogP contribution in [0.3, 0.4) is 0 Å². The van der Waals surface area contributed by atoms with Gasteiger partial charge in [-0.15, -0.1) is 0 Å². The second-order valence-corrected chi connectivity index (χ2v) is 8.37. The predicted molar refractivity (Wildman–Crippen MR) is 108 cm³/mol. The number of anilines is 1. The molecule has 2 aromatic rings. The van der Waals surface area contributed by atoms with Crippen LogP contribution in [0.1, 0.15) is 23.1 Å². The molecule has 2 rings (SSSR count). The quantitative estimate of drug-likeness (QED) is 0.752. The number of para-hydroxylation sites is 1. The molecule has 1 amide bonds. The molecule has 7 heteroatoms. The van der Waals surface area contributed by atoms with E-state index < -0.39 is 10.0 Å². The van der Waals surface area contributed by atoms with E-state index in [1.54, 1.807) is 13.2 Å². The second-order valence-electron chi connectivity index (χ2n) is 6.46. The monoisotopic (exact) mass is 390 g/mol. The fraction of sp³-hybridized carbons (Fsp3) is 0.350. The summed E-state index contributed by atoms with van der Waals surface area (Å²) in [5.41, 5.74) is 3.37. The van der Waals surface area contributed by atoms with Gasteiger partial charge in [0.25, 0.3) is 0 Å². The molecule has 6 nitrogen and oxygen atoms in total. The molecule has 2 aromatic carbocycles. The average molecular weight is 391 g/mol. The van der Waals surface area contributed by atoms with E-state index in [9.17, 15) is 13.2 Å². The SMILES string of the molecule is COc1ccccc1CNC(=O)CCN(c1ccc(C)cc1C)S(C)(=O)=O. The molecule has 0 radical (unpaired) electrons. The van der Waals surface area contributed by atoms with Crippen LogP contribution < -0.4 is 14.4 Å². The number of benzene rings is 2. The number of carbonyl (C=O) groups is 1. The van der Waals surface area contributed by atoms with Gasteiger partial charge in [-0.2, -0.15) is 0 Å². The molecular weight excluding hydrogens is 364 g/mol. The summed E-state index contributed by atoms with van der Waals surface area (Å²) in [5, 5.41) is 2.82. The molecule has 1 N–H and O–H groups in total. The lowest BCUT2D eigenvalue weighted by Gasteiger charge is -2.24. The first-order valence-corrected chi connectivity index (χ1v) is 10.5. The molecule has 146 valence electrons. The number of sulfonamides is 1. The number of amides is 1. The number of nitrogens with zero attached hydrogens (tertiary/aromatic N) is 1. The molecule has 0 saturated heterocycles. The van der Waals surface area contributed by atoms with Gasteiger partial charge in [-0.05, 0) is 31.5 Å². The Morgan fingerprint density at radius 2 is 1.85 bits per heavy atom. The van der Waals surface area contributed by atoms with Crippen molar-refractivity contribution in [1.82, 2.24) is 5.32 Å². The van der Waals surface area contributed by atoms with Crippen molar-refractivity contribution in [3.63, 3.8) is 0 Å². The highest BCUT2D eigenvalue weighted by molar-refractivity contribution is 7.92. The van der Waals surface area contributed by atoms with Crippen LogP contribution >= 0.6 is 0 Å². The van der Waals surface area contributed by atoms with Gasteiger partial charge in [0.15, 0.2) is 0 Å². The number of ether oxygens (including phenoxy) is 1. The highest BCUT2D eigenvalue weighted by Crippen LogP contribution is 2.24. The van der Waals surface area contributed by atoms with E-state index in [4.69, 9.17) is 4.74 Å². The molecule has 0 bridgehead atoms. The normalized spacial score (nSPS) is 11.1. The topological polar surface area (TPSA) is 75.7 Å². The molecule has 0 aliphatic carbocycles. The van der Waals surface area contributed by atoms with E-state index in [0.717, 1.165) is 22.9 Å². The van der Waals surface area contributed by atoms with Crippen molar-refractivity contribution in [3.05, 3.63) is 59.2 Å². The highest BCUT2D eigenvalue weighted by Gasteiger charge is 2.20. The average Bonchev–Trinajstić information content (AvgIpc) is 2.60. The number of carbonyl (C=O) groups excluding carboxylic acids is 1. The van der Waals surface area contributed by atoms with E-state index in [-0.39, 0.29) is 18.9 Å². The summed E-state index contributed by atoms with van der Waals surface area (Å²) in [6.07, 6.45) is 1.22. The van der Waals surface area contributed by atoms with Gasteiger partial charge in [-0.25, -0.2) is 8.42 Å². The van der Waals surface area contributed by atoms with Gasteiger partial charge in [0.1, 0.15) is 5.75 Å². The summed E-state index contributed by atoms with van der Waals surface area (Å²) in [6, 6.07) is 13.0. The van der Waals surface area contributed by atoms with Crippen molar-refractivity contribution < 1.29 is 17.9 Å². The zero-order valence-electron chi connectivity index (χ0n) is 16.2. The van der Waals surface area contributed by atoms with Gasteiger partial charge in [-0.1, -0.05) is 35.9 Å². The maximum Gasteiger partial charge on any atom is 0.232 e. The van der Waals surface area contributed by atoms with E-state index in [0.29, 0.717) is 18.0 Å². The summed E-state index contributed by atoms with van der Waals surface area (Å²) in [4.78, 5) is 12.2. The first-order valence-electron chi connectivity index (χ1n) is 8.66. The summed E-state index contributed by atoms with van der Waals surface area (Å²) < 4.78 is 31.0. The van der Waals surface area contributed by atoms with Crippen molar-refractivity contribution in [1.29, 1.82) is 0 Å². The van der Waals surface area contributed by atoms with Crippen LogP contribution in [-0.2, 0) is 21.4 Å². The van der Waals surface area contributed by atoms with Crippen LogP contribution in [0.5, 0.6) is 5.75 Å². The minimum absolute atomic E-state index is 0.0650. The molecule has 0 unspecified atom stereocenters. The Labute approximate surface area is 161 Å². The van der Waals surface area contributed by atoms with Crippen molar-refractivity contribution >= 4 is 21.6 Å². The first-order chi connectivity index (χ1) is 12.7. The van der Waals surface area contributed by atoms with E-state index in [1.807, 2.05) is 50.2 Å². The Hall–Kier alpha value is -2.54. The fourth-order valence-corrected chi connectivity index (χ4v) is 3.87. The number of aryl methyl sites for hydroxylation is 2. The van der Waals surface area contributed by atoms with Crippen molar-refractivity contribution in [2.75, 3.05) is 24.2 Å². The number of methoxy groups -OCH3 is 1. The number of rotatable bonds is 8. The zero-order valence-corrected chi connectivity index (χ0v) is 17.0. The number of hydrogen-bond donors (Lipinski definition) is 1. The van der Waals surface area contributed by atoms with Crippen LogP contribution in [-0.4, -0.2) is 34.2 Å². The van der Waals surface area contributed by atoms with Gasteiger partial charge < -0.3 is 10.1 Å². The van der Waals surface area contributed by atoms with E-state index in [1.165, 1.54) is 4.31 Å². The molecule has 0 heterocycles. The van der Waals surface area contributed by atoms with Gasteiger partial charge in [0.2, 0.25) is 15.9 Å². The van der Waals surface area contributed by atoms with E-state index >= 15 is 0 Å². The summed E-state index contributed by atoms with van der Waals surface area (Å²) in [5.74, 6) is 0.477. The Morgan fingerprint density at radius 1 is 1.15 bits per heavy atom. The smallest absolute Gasteiger partial charge is 0.232 e. The molecule has 0 spiro atoms. The minimum atomic E-state index is -3.49. The fourth-order valence-electron chi connectivity index (χ4n) is 2.88. The lowest BCUT2D eigenvalue weighted by molar-refractivity contribution is -0.121. The number of hydrogen-bond acceptors (Lipinski definition) is 4. The lowest BCUT2D eigenvalue weighted by Crippen LogP contribution is -2.35. The molecule has 27 heavy (non-hydrogen) atoms. The third-order valence-corrected chi connectivity index (χ3v) is 5.41. The first kappa shape index (κ1) is 20.8. The molecule has 0 aliphatic rings. The maximum absolute atomic E-state index is 12.2. The Morgan fingerprint density at radius 3 is 2.48 bits per heavy atom. The van der Waals surface area contributed by atoms with Crippen molar-refractivity contribution in [2.45, 2.75) is 26.8 Å². The maximum atomic E-state index is 12.2. The van der Waals surface area contributed by atoms with E-state index in [2.05, 4.69) is 5.32 Å². The van der Waals surface area contributed by atoms with Crippen LogP contribution in [0.2, 0.25) is 0 Å². The largest absolute Gasteiger partial charge is 0.496 e. The minimum Gasteiger partial charge on any atom is -0.496 e. The van der Waals surface area contributed by atoms with Gasteiger partial charge in [0, 0.05) is 25.1 Å². The van der Waals surface area contributed by atoms with Crippen LogP contribution in [0.25, 0.3) is 0 Å². The number of nitrogens with one attached hydrogen (secondary N) is 1. The molecule has 0 fully saturated rings. The molecule has 0 saturated carbocycles. The summed E-state index contributed by atoms with van der Waals surface area (Å²) in [6.45, 7) is 4.22. The third-order valence-electron chi connectivity index (χ3n) is 4.23. The lowest BCUT2D eigenvalue weighted by atomic mass is 10.1. The molecular formula is C20H26N2O4S.